The molecule has 0 unspecified atom stereocenters. The molecule has 1 N–H and O–H groups in total. The lowest BCUT2D eigenvalue weighted by atomic mass is 10.1. The highest BCUT2D eigenvalue weighted by Gasteiger charge is 2.06. The maximum atomic E-state index is 8.96. The highest BCUT2D eigenvalue weighted by atomic mass is 32.1. The Labute approximate surface area is 95.2 Å². The fourth-order valence-electron chi connectivity index (χ4n) is 1.53. The van der Waals surface area contributed by atoms with Gasteiger partial charge in [-0.15, -0.1) is 11.3 Å². The average Bonchev–Trinajstić information content (AvgIpc) is 2.96. The van der Waals surface area contributed by atoms with E-state index in [0.717, 1.165) is 22.4 Å². The van der Waals surface area contributed by atoms with Crippen molar-refractivity contribution < 1.29 is 9.52 Å². The van der Waals surface area contributed by atoms with Gasteiger partial charge in [-0.05, 0) is 12.1 Å². The minimum Gasteiger partial charge on any atom is -0.443 e. The van der Waals surface area contributed by atoms with E-state index in [2.05, 4.69) is 9.97 Å². The molecule has 0 saturated heterocycles. The Morgan fingerprint density at radius 3 is 3.12 bits per heavy atom. The zero-order valence-corrected chi connectivity index (χ0v) is 9.07. The van der Waals surface area contributed by atoms with E-state index in [0.29, 0.717) is 5.01 Å². The number of benzene rings is 1. The second-order valence-electron chi connectivity index (χ2n) is 3.32. The van der Waals surface area contributed by atoms with Crippen molar-refractivity contribution in [3.63, 3.8) is 0 Å². The molecule has 0 fully saturated rings. The molecular formula is C11H8N2O2S. The van der Waals surface area contributed by atoms with Crippen molar-refractivity contribution in [3.8, 4) is 11.3 Å². The summed E-state index contributed by atoms with van der Waals surface area (Å²) in [6.07, 6.45) is 1.43. The minimum atomic E-state index is -0.0186. The van der Waals surface area contributed by atoms with E-state index >= 15 is 0 Å². The Bertz CT molecular complexity index is 629. The Balaban J connectivity index is 2.10. The van der Waals surface area contributed by atoms with Gasteiger partial charge >= 0.3 is 0 Å². The predicted molar refractivity (Wildman–Crippen MR) is 61.0 cm³/mol. The third kappa shape index (κ3) is 1.50. The molecule has 0 saturated carbocycles. The first-order chi connectivity index (χ1) is 7.86. The zero-order valence-electron chi connectivity index (χ0n) is 8.25. The fourth-order valence-corrected chi connectivity index (χ4v) is 2.19. The Kier molecular flexibility index (Phi) is 2.19. The molecule has 3 rings (SSSR count). The molecule has 3 aromatic rings. The largest absolute Gasteiger partial charge is 0.443 e. The number of rotatable bonds is 2. The highest BCUT2D eigenvalue weighted by molar-refractivity contribution is 7.09. The standard InChI is InChI=1S/C11H8N2O2S/c14-4-11-13-9(5-16-11)7-1-2-8-10(3-7)15-6-12-8/h1-3,5-6,14H,4H2. The molecule has 0 aliphatic heterocycles. The average molecular weight is 232 g/mol. The summed E-state index contributed by atoms with van der Waals surface area (Å²) in [7, 11) is 0. The minimum absolute atomic E-state index is 0.0186. The van der Waals surface area contributed by atoms with Gasteiger partial charge < -0.3 is 9.52 Å². The SMILES string of the molecule is OCc1nc(-c2ccc3ncoc3c2)cs1. The number of aliphatic hydroxyl groups excluding tert-OH is 1. The zero-order chi connectivity index (χ0) is 11.0. The van der Waals surface area contributed by atoms with Gasteiger partial charge in [0.25, 0.3) is 0 Å². The van der Waals surface area contributed by atoms with Crippen molar-refractivity contribution in [2.24, 2.45) is 0 Å². The molecule has 0 aliphatic carbocycles. The lowest BCUT2D eigenvalue weighted by molar-refractivity contribution is 0.281. The van der Waals surface area contributed by atoms with E-state index in [1.165, 1.54) is 17.7 Å². The maximum Gasteiger partial charge on any atom is 0.181 e. The number of fused-ring (bicyclic) bond motifs is 1. The Hall–Kier alpha value is -1.72. The first kappa shape index (κ1) is 9.50. The summed E-state index contributed by atoms with van der Waals surface area (Å²) in [6.45, 7) is -0.0186. The molecule has 0 aliphatic rings. The van der Waals surface area contributed by atoms with Crippen LogP contribution in [-0.2, 0) is 6.61 Å². The van der Waals surface area contributed by atoms with Gasteiger partial charge in [-0.3, -0.25) is 0 Å². The molecule has 80 valence electrons. The third-order valence-corrected chi connectivity index (χ3v) is 3.15. The van der Waals surface area contributed by atoms with E-state index in [4.69, 9.17) is 9.52 Å². The van der Waals surface area contributed by atoms with Crippen LogP contribution in [0.3, 0.4) is 0 Å². The fraction of sp³-hybridized carbons (Fsp3) is 0.0909. The molecule has 1 aromatic carbocycles. The van der Waals surface area contributed by atoms with E-state index in [1.807, 2.05) is 23.6 Å². The lowest BCUT2D eigenvalue weighted by Gasteiger charge is -1.95. The van der Waals surface area contributed by atoms with Crippen molar-refractivity contribution in [3.05, 3.63) is 35.0 Å². The number of thiazole rings is 1. The molecule has 16 heavy (non-hydrogen) atoms. The number of hydrogen-bond acceptors (Lipinski definition) is 5. The molecule has 0 amide bonds. The first-order valence-corrected chi connectivity index (χ1v) is 5.63. The summed E-state index contributed by atoms with van der Waals surface area (Å²) in [5.74, 6) is 0. The molecule has 2 aromatic heterocycles. The normalized spacial score (nSPS) is 11.1. The molecular weight excluding hydrogens is 224 g/mol. The second kappa shape index (κ2) is 3.70. The van der Waals surface area contributed by atoms with E-state index in [-0.39, 0.29) is 6.61 Å². The molecule has 2 heterocycles. The van der Waals surface area contributed by atoms with Crippen LogP contribution >= 0.6 is 11.3 Å². The van der Waals surface area contributed by atoms with Crippen molar-refractivity contribution in [2.45, 2.75) is 6.61 Å². The number of aliphatic hydroxyl groups is 1. The summed E-state index contributed by atoms with van der Waals surface area (Å²) in [5.41, 5.74) is 3.41. The summed E-state index contributed by atoms with van der Waals surface area (Å²) in [4.78, 5) is 8.35. The van der Waals surface area contributed by atoms with Crippen LogP contribution in [0.25, 0.3) is 22.4 Å². The number of aromatic nitrogens is 2. The van der Waals surface area contributed by atoms with Crippen LogP contribution < -0.4 is 0 Å². The first-order valence-electron chi connectivity index (χ1n) is 4.76. The summed E-state index contributed by atoms with van der Waals surface area (Å²) in [6, 6.07) is 5.74. The van der Waals surface area contributed by atoms with Gasteiger partial charge in [0.15, 0.2) is 12.0 Å². The Morgan fingerprint density at radius 1 is 1.38 bits per heavy atom. The van der Waals surface area contributed by atoms with Crippen LogP contribution in [-0.4, -0.2) is 15.1 Å². The van der Waals surface area contributed by atoms with Crippen LogP contribution in [0, 0.1) is 0 Å². The number of hydrogen-bond donors (Lipinski definition) is 1. The van der Waals surface area contributed by atoms with Crippen LogP contribution in [0.1, 0.15) is 5.01 Å². The van der Waals surface area contributed by atoms with Gasteiger partial charge in [-0.25, -0.2) is 9.97 Å². The number of oxazole rings is 1. The summed E-state index contributed by atoms with van der Waals surface area (Å²) in [5, 5.41) is 11.6. The molecule has 0 radical (unpaired) electrons. The van der Waals surface area contributed by atoms with Crippen LogP contribution in [0.15, 0.2) is 34.4 Å². The van der Waals surface area contributed by atoms with Gasteiger partial charge in [0.1, 0.15) is 10.5 Å². The van der Waals surface area contributed by atoms with Gasteiger partial charge in [0.2, 0.25) is 0 Å². The molecule has 0 bridgehead atoms. The van der Waals surface area contributed by atoms with Crippen molar-refractivity contribution in [1.82, 2.24) is 9.97 Å². The van der Waals surface area contributed by atoms with Gasteiger partial charge in [-0.2, -0.15) is 0 Å². The quantitative estimate of drug-likeness (QED) is 0.737. The monoisotopic (exact) mass is 232 g/mol. The number of nitrogens with zero attached hydrogens (tertiary/aromatic N) is 2. The van der Waals surface area contributed by atoms with Gasteiger partial charge in [-0.1, -0.05) is 6.07 Å². The summed E-state index contributed by atoms with van der Waals surface area (Å²) >= 11 is 1.44. The molecule has 0 spiro atoms. The predicted octanol–water partition coefficient (Wildman–Crippen LogP) is 2.44. The van der Waals surface area contributed by atoms with Gasteiger partial charge in [0.05, 0.1) is 12.3 Å². The lowest BCUT2D eigenvalue weighted by Crippen LogP contribution is -1.82. The van der Waals surface area contributed by atoms with Crippen LogP contribution in [0.5, 0.6) is 0 Å². The highest BCUT2D eigenvalue weighted by Crippen LogP contribution is 2.25. The van der Waals surface area contributed by atoms with E-state index in [9.17, 15) is 0 Å². The van der Waals surface area contributed by atoms with Crippen molar-refractivity contribution >= 4 is 22.4 Å². The molecule has 0 atom stereocenters. The van der Waals surface area contributed by atoms with Crippen LogP contribution in [0.2, 0.25) is 0 Å². The van der Waals surface area contributed by atoms with Crippen LogP contribution in [0.4, 0.5) is 0 Å². The Morgan fingerprint density at radius 2 is 2.31 bits per heavy atom. The van der Waals surface area contributed by atoms with Crippen molar-refractivity contribution in [2.75, 3.05) is 0 Å². The van der Waals surface area contributed by atoms with E-state index < -0.39 is 0 Å². The smallest absolute Gasteiger partial charge is 0.181 e. The van der Waals surface area contributed by atoms with Crippen molar-refractivity contribution in [1.29, 1.82) is 0 Å². The topological polar surface area (TPSA) is 59.2 Å². The molecule has 4 nitrogen and oxygen atoms in total. The van der Waals surface area contributed by atoms with E-state index in [1.54, 1.807) is 0 Å². The second-order valence-corrected chi connectivity index (χ2v) is 4.26. The third-order valence-electron chi connectivity index (χ3n) is 2.31. The van der Waals surface area contributed by atoms with Gasteiger partial charge in [0, 0.05) is 10.9 Å². The summed E-state index contributed by atoms with van der Waals surface area (Å²) < 4.78 is 5.23. The maximum absolute atomic E-state index is 8.96. The molecule has 5 heteroatoms.